The van der Waals surface area contributed by atoms with E-state index < -0.39 is 0 Å². The lowest BCUT2D eigenvalue weighted by Crippen LogP contribution is -2.46. The van der Waals surface area contributed by atoms with E-state index in [0.717, 1.165) is 12.6 Å². The Morgan fingerprint density at radius 1 is 1.22 bits per heavy atom. The van der Waals surface area contributed by atoms with Crippen LogP contribution in [0, 0.1) is 5.41 Å². The molecule has 0 aromatic heterocycles. The Kier molecular flexibility index (Phi) is 8.52. The van der Waals surface area contributed by atoms with Crippen molar-refractivity contribution in [1.29, 1.82) is 0 Å². The van der Waals surface area contributed by atoms with Crippen LogP contribution in [0.15, 0.2) is 0 Å². The van der Waals surface area contributed by atoms with E-state index in [1.54, 1.807) is 0 Å². The molecule has 1 unspecified atom stereocenters. The Balaban J connectivity index is 0.00000137. The van der Waals surface area contributed by atoms with Crippen LogP contribution in [0.2, 0.25) is 0 Å². The fourth-order valence-electron chi connectivity index (χ4n) is 1.80. The van der Waals surface area contributed by atoms with Gasteiger partial charge < -0.3 is 5.32 Å². The molecule has 1 aliphatic carbocycles. The van der Waals surface area contributed by atoms with Crippen molar-refractivity contribution in [2.75, 3.05) is 27.7 Å². The van der Waals surface area contributed by atoms with E-state index in [9.17, 15) is 0 Å². The van der Waals surface area contributed by atoms with Crippen LogP contribution in [-0.2, 0) is 0 Å². The molecule has 0 aliphatic heterocycles. The molecule has 0 aromatic rings. The third kappa shape index (κ3) is 6.98. The molecule has 18 heavy (non-hydrogen) atoms. The Morgan fingerprint density at radius 2 is 1.72 bits per heavy atom. The molecule has 0 amide bonds. The Bertz CT molecular complexity index is 210. The molecule has 1 N–H and O–H groups in total. The van der Waals surface area contributed by atoms with Crippen molar-refractivity contribution < 1.29 is 0 Å². The van der Waals surface area contributed by atoms with E-state index in [-0.39, 0.29) is 0 Å². The fraction of sp³-hybridized carbons (Fsp3) is 1.00. The molecule has 1 aliphatic rings. The van der Waals surface area contributed by atoms with Gasteiger partial charge in [0.2, 0.25) is 0 Å². The summed E-state index contributed by atoms with van der Waals surface area (Å²) in [5.41, 5.74) is 0.314. The summed E-state index contributed by atoms with van der Waals surface area (Å²) in [6.45, 7) is 12.0. The zero-order valence-corrected chi connectivity index (χ0v) is 14.4. The maximum atomic E-state index is 3.45. The number of hydrogen-bond acceptors (Lipinski definition) is 4. The smallest absolute Gasteiger partial charge is 0.0264 e. The number of nitrogens with zero attached hydrogens (tertiary/aromatic N) is 2. The maximum absolute atomic E-state index is 3.45. The summed E-state index contributed by atoms with van der Waals surface area (Å²) >= 11 is 1.86. The predicted octanol–water partition coefficient (Wildman–Crippen LogP) is 3.24. The van der Waals surface area contributed by atoms with Crippen LogP contribution in [0.1, 0.15) is 47.5 Å². The molecule has 0 heterocycles. The van der Waals surface area contributed by atoms with Gasteiger partial charge in [0.25, 0.3) is 0 Å². The molecule has 1 saturated carbocycles. The first-order chi connectivity index (χ1) is 8.34. The van der Waals surface area contributed by atoms with Gasteiger partial charge >= 0.3 is 0 Å². The quantitative estimate of drug-likeness (QED) is 0.750. The van der Waals surface area contributed by atoms with Crippen LogP contribution in [-0.4, -0.2) is 48.4 Å². The van der Waals surface area contributed by atoms with E-state index in [1.165, 1.54) is 12.8 Å². The second-order valence-corrected chi connectivity index (χ2v) is 7.29. The van der Waals surface area contributed by atoms with E-state index in [2.05, 4.69) is 55.8 Å². The van der Waals surface area contributed by atoms with Gasteiger partial charge in [0.05, 0.1) is 0 Å². The molecular formula is C14H33N3S. The molecular weight excluding hydrogens is 242 g/mol. The summed E-state index contributed by atoms with van der Waals surface area (Å²) in [5, 5.41) is 3.45. The fourth-order valence-corrected chi connectivity index (χ4v) is 2.78. The van der Waals surface area contributed by atoms with Gasteiger partial charge in [0, 0.05) is 30.8 Å². The first kappa shape index (κ1) is 18.2. The lowest BCUT2D eigenvalue weighted by molar-refractivity contribution is 0.236. The SMILES string of the molecule is CC.CNC(CN(SN(C)C)C1CC1)C(C)(C)C. The molecule has 1 atom stereocenters. The summed E-state index contributed by atoms with van der Waals surface area (Å²) in [6, 6.07) is 1.34. The van der Waals surface area contributed by atoms with Gasteiger partial charge in [0.1, 0.15) is 0 Å². The number of rotatable bonds is 6. The second-order valence-electron chi connectivity index (χ2n) is 5.93. The van der Waals surface area contributed by atoms with Gasteiger partial charge in [-0.25, -0.2) is 8.61 Å². The first-order valence-electron chi connectivity index (χ1n) is 7.14. The third-order valence-corrected chi connectivity index (χ3v) is 3.96. The van der Waals surface area contributed by atoms with E-state index in [1.807, 2.05) is 26.0 Å². The highest BCUT2D eigenvalue weighted by Crippen LogP contribution is 2.34. The normalized spacial score (nSPS) is 17.7. The van der Waals surface area contributed by atoms with Gasteiger partial charge in [-0.1, -0.05) is 34.6 Å². The summed E-state index contributed by atoms with van der Waals surface area (Å²) in [7, 11) is 6.30. The van der Waals surface area contributed by atoms with Crippen molar-refractivity contribution in [2.45, 2.75) is 59.5 Å². The maximum Gasteiger partial charge on any atom is 0.0264 e. The average Bonchev–Trinajstić information content (AvgIpc) is 3.08. The molecule has 1 rings (SSSR count). The molecule has 0 spiro atoms. The highest BCUT2D eigenvalue weighted by Gasteiger charge is 2.34. The van der Waals surface area contributed by atoms with Gasteiger partial charge in [-0.2, -0.15) is 0 Å². The summed E-state index contributed by atoms with van der Waals surface area (Å²) < 4.78 is 4.72. The van der Waals surface area contributed by atoms with Crippen LogP contribution in [0.25, 0.3) is 0 Å². The lowest BCUT2D eigenvalue weighted by Gasteiger charge is -2.35. The van der Waals surface area contributed by atoms with Gasteiger partial charge in [0.15, 0.2) is 0 Å². The van der Waals surface area contributed by atoms with E-state index in [4.69, 9.17) is 0 Å². The van der Waals surface area contributed by atoms with Crippen LogP contribution in [0.4, 0.5) is 0 Å². The topological polar surface area (TPSA) is 18.5 Å². The largest absolute Gasteiger partial charge is 0.315 e. The molecule has 0 aromatic carbocycles. The van der Waals surface area contributed by atoms with Crippen molar-refractivity contribution in [3.8, 4) is 0 Å². The zero-order valence-electron chi connectivity index (χ0n) is 13.6. The first-order valence-corrected chi connectivity index (χ1v) is 7.87. The minimum Gasteiger partial charge on any atom is -0.315 e. The van der Waals surface area contributed by atoms with Crippen LogP contribution in [0.3, 0.4) is 0 Å². The minimum absolute atomic E-state index is 0.314. The Labute approximate surface area is 119 Å². The van der Waals surface area contributed by atoms with Crippen molar-refractivity contribution in [2.24, 2.45) is 5.41 Å². The number of hydrogen-bond donors (Lipinski definition) is 1. The number of nitrogens with one attached hydrogen (secondary N) is 1. The molecule has 110 valence electrons. The third-order valence-electron chi connectivity index (χ3n) is 2.98. The molecule has 0 saturated heterocycles. The molecule has 0 radical (unpaired) electrons. The average molecular weight is 276 g/mol. The van der Waals surface area contributed by atoms with Crippen molar-refractivity contribution in [3.05, 3.63) is 0 Å². The van der Waals surface area contributed by atoms with Crippen molar-refractivity contribution in [1.82, 2.24) is 13.9 Å². The standard InChI is InChI=1S/C12H27N3S.C2H6/c1-12(2,3)11(13-4)9-15(10-7-8-10)16-14(5)6;1-2/h10-11,13H,7-9H2,1-6H3;1-2H3. The van der Waals surface area contributed by atoms with Gasteiger partial charge in [-0.15, -0.1) is 0 Å². The summed E-state index contributed by atoms with van der Waals surface area (Å²) in [6.07, 6.45) is 2.73. The molecule has 0 bridgehead atoms. The zero-order chi connectivity index (χ0) is 14.3. The molecule has 4 heteroatoms. The van der Waals surface area contributed by atoms with Crippen LogP contribution < -0.4 is 5.32 Å². The van der Waals surface area contributed by atoms with Crippen molar-refractivity contribution >= 4 is 12.1 Å². The highest BCUT2D eigenvalue weighted by molar-refractivity contribution is 7.94. The van der Waals surface area contributed by atoms with Gasteiger partial charge in [-0.3, -0.25) is 0 Å². The van der Waals surface area contributed by atoms with E-state index >= 15 is 0 Å². The summed E-state index contributed by atoms with van der Waals surface area (Å²) in [4.78, 5) is 0. The Morgan fingerprint density at radius 3 is 2.00 bits per heavy atom. The monoisotopic (exact) mass is 275 g/mol. The Hall–Kier alpha value is 0.230. The minimum atomic E-state index is 0.314. The van der Waals surface area contributed by atoms with Crippen LogP contribution >= 0.6 is 12.1 Å². The summed E-state index contributed by atoms with van der Waals surface area (Å²) in [5.74, 6) is 0. The van der Waals surface area contributed by atoms with Crippen LogP contribution in [0.5, 0.6) is 0 Å². The lowest BCUT2D eigenvalue weighted by atomic mass is 9.87. The van der Waals surface area contributed by atoms with Gasteiger partial charge in [-0.05, 0) is 39.4 Å². The van der Waals surface area contributed by atoms with Crippen molar-refractivity contribution in [3.63, 3.8) is 0 Å². The molecule has 1 fully saturated rings. The second kappa shape index (κ2) is 8.41. The number of likely N-dealkylation sites (N-methyl/N-ethyl adjacent to an activating group) is 1. The molecule has 3 nitrogen and oxygen atoms in total. The van der Waals surface area contributed by atoms with E-state index in [0.29, 0.717) is 11.5 Å². The predicted molar refractivity (Wildman–Crippen MR) is 84.7 cm³/mol. The highest BCUT2D eigenvalue weighted by atomic mass is 32.2.